The van der Waals surface area contributed by atoms with Crippen molar-refractivity contribution in [3.05, 3.63) is 29.3 Å². The van der Waals surface area contributed by atoms with Crippen molar-refractivity contribution in [1.82, 2.24) is 5.32 Å². The summed E-state index contributed by atoms with van der Waals surface area (Å²) < 4.78 is 5.49. The molecule has 1 aliphatic carbocycles. The van der Waals surface area contributed by atoms with E-state index in [4.69, 9.17) is 10.5 Å². The molecule has 1 fully saturated rings. The molecule has 0 unspecified atom stereocenters. The molecule has 0 spiro atoms. The van der Waals surface area contributed by atoms with Crippen LogP contribution in [0.4, 0.5) is 10.5 Å². The maximum absolute atomic E-state index is 13.0. The van der Waals surface area contributed by atoms with Crippen LogP contribution in [0.1, 0.15) is 44.7 Å². The molecule has 1 saturated heterocycles. The van der Waals surface area contributed by atoms with E-state index >= 15 is 0 Å². The van der Waals surface area contributed by atoms with E-state index in [2.05, 4.69) is 5.32 Å². The predicted octanol–water partition coefficient (Wildman–Crippen LogP) is 2.13. The van der Waals surface area contributed by atoms with Crippen LogP contribution >= 0.6 is 0 Å². The number of carbonyl (C=O) groups excluding carboxylic acids is 2. The van der Waals surface area contributed by atoms with E-state index in [0.29, 0.717) is 18.7 Å². The van der Waals surface area contributed by atoms with Gasteiger partial charge in [0.1, 0.15) is 5.60 Å². The fourth-order valence-electron chi connectivity index (χ4n) is 3.43. The fourth-order valence-corrected chi connectivity index (χ4v) is 3.43. The molecule has 2 aliphatic rings. The van der Waals surface area contributed by atoms with E-state index in [1.807, 2.05) is 18.2 Å². The zero-order valence-electron chi connectivity index (χ0n) is 15.2. The lowest BCUT2D eigenvalue weighted by Gasteiger charge is -2.28. The van der Waals surface area contributed by atoms with E-state index in [1.54, 1.807) is 20.8 Å². The van der Waals surface area contributed by atoms with Crippen molar-refractivity contribution in [2.75, 3.05) is 11.4 Å². The molecule has 136 valence electrons. The molecule has 0 aromatic heterocycles. The van der Waals surface area contributed by atoms with Crippen molar-refractivity contribution in [3.8, 4) is 0 Å². The molecular weight excluding hydrogens is 318 g/mol. The highest BCUT2D eigenvalue weighted by Crippen LogP contribution is 2.28. The van der Waals surface area contributed by atoms with Gasteiger partial charge in [0.2, 0.25) is 0 Å². The first-order valence-corrected chi connectivity index (χ1v) is 8.92. The first-order chi connectivity index (χ1) is 11.7. The molecular formula is C19H27N3O3. The monoisotopic (exact) mass is 345 g/mol. The first kappa shape index (κ1) is 17.9. The Hall–Kier alpha value is -1.92. The van der Waals surface area contributed by atoms with Gasteiger partial charge in [-0.2, -0.15) is 0 Å². The molecule has 1 heterocycles. The summed E-state index contributed by atoms with van der Waals surface area (Å²) in [6.45, 7) is 5.95. The molecule has 1 aromatic carbocycles. The number of aryl methyl sites for hydroxylation is 2. The average molecular weight is 345 g/mol. The minimum atomic E-state index is -0.675. The van der Waals surface area contributed by atoms with Gasteiger partial charge >= 0.3 is 6.09 Å². The summed E-state index contributed by atoms with van der Waals surface area (Å²) in [5.41, 5.74) is 8.30. The maximum atomic E-state index is 13.0. The number of amides is 2. The summed E-state index contributed by atoms with van der Waals surface area (Å²) in [4.78, 5) is 27.0. The van der Waals surface area contributed by atoms with Crippen LogP contribution in [0, 0.1) is 0 Å². The zero-order chi connectivity index (χ0) is 18.2. The Morgan fingerprint density at radius 3 is 2.60 bits per heavy atom. The summed E-state index contributed by atoms with van der Waals surface area (Å²) in [6, 6.07) is 5.25. The largest absolute Gasteiger partial charge is 0.443 e. The number of carbonyl (C=O) groups is 2. The van der Waals surface area contributed by atoms with Crippen LogP contribution < -0.4 is 16.0 Å². The highest BCUT2D eigenvalue weighted by Gasteiger charge is 2.36. The summed E-state index contributed by atoms with van der Waals surface area (Å²) in [5.74, 6) is -0.305. The topological polar surface area (TPSA) is 84.7 Å². The number of ether oxygens (including phenoxy) is 1. The molecule has 3 N–H and O–H groups in total. The van der Waals surface area contributed by atoms with Gasteiger partial charge in [0.05, 0.1) is 11.7 Å². The highest BCUT2D eigenvalue weighted by molar-refractivity contribution is 6.14. The number of imide groups is 1. The van der Waals surface area contributed by atoms with Crippen LogP contribution in [0.15, 0.2) is 18.2 Å². The second-order valence-electron chi connectivity index (χ2n) is 7.92. The third-order valence-corrected chi connectivity index (χ3v) is 4.60. The molecule has 6 heteroatoms. The van der Waals surface area contributed by atoms with Crippen LogP contribution in [0.2, 0.25) is 0 Å². The Labute approximate surface area is 148 Å². The van der Waals surface area contributed by atoms with Gasteiger partial charge in [0.15, 0.2) is 0 Å². The number of benzene rings is 1. The molecule has 0 bridgehead atoms. The predicted molar refractivity (Wildman–Crippen MR) is 96.6 cm³/mol. The van der Waals surface area contributed by atoms with Crippen LogP contribution in [0.3, 0.4) is 0 Å². The van der Waals surface area contributed by atoms with Gasteiger partial charge in [-0.3, -0.25) is 4.79 Å². The summed E-state index contributed by atoms with van der Waals surface area (Å²) in [7, 11) is 0. The van der Waals surface area contributed by atoms with Crippen LogP contribution in [-0.4, -0.2) is 36.2 Å². The lowest BCUT2D eigenvalue weighted by atomic mass is 10.1. The standard InChI is InChI=1S/C19H27N3O3/c1-19(2,3)25-18(24)22(17(23)16-10-14(20)11-21-16)15-8-7-12-5-4-6-13(12)9-15/h7-9,14,16,21H,4-6,10-11,20H2,1-3H3/t14-,16+/m1/s1. The second kappa shape index (κ2) is 6.77. The van der Waals surface area contributed by atoms with Crippen molar-refractivity contribution in [2.24, 2.45) is 5.73 Å². The molecule has 1 aromatic rings. The molecule has 6 nitrogen and oxygen atoms in total. The first-order valence-electron chi connectivity index (χ1n) is 8.92. The minimum Gasteiger partial charge on any atom is -0.443 e. The number of hydrogen-bond donors (Lipinski definition) is 2. The summed E-state index contributed by atoms with van der Waals surface area (Å²) in [5, 5.41) is 3.10. The quantitative estimate of drug-likeness (QED) is 0.858. The van der Waals surface area contributed by atoms with E-state index in [0.717, 1.165) is 19.3 Å². The number of hydrogen-bond acceptors (Lipinski definition) is 5. The molecule has 0 radical (unpaired) electrons. The van der Waals surface area contributed by atoms with Crippen molar-refractivity contribution >= 4 is 17.7 Å². The Bertz CT molecular complexity index is 681. The number of nitrogens with one attached hydrogen (secondary N) is 1. The van der Waals surface area contributed by atoms with Gasteiger partial charge in [0, 0.05) is 12.6 Å². The maximum Gasteiger partial charge on any atom is 0.421 e. The van der Waals surface area contributed by atoms with Crippen molar-refractivity contribution < 1.29 is 14.3 Å². The molecule has 2 atom stereocenters. The SMILES string of the molecule is CC(C)(C)OC(=O)N(C(=O)[C@@H]1C[C@@H](N)CN1)c1ccc2c(c1)CCC2. The van der Waals surface area contributed by atoms with Gasteiger partial charge < -0.3 is 15.8 Å². The Morgan fingerprint density at radius 1 is 1.24 bits per heavy atom. The Balaban J connectivity index is 1.91. The van der Waals surface area contributed by atoms with Gasteiger partial charge in [-0.15, -0.1) is 0 Å². The summed E-state index contributed by atoms with van der Waals surface area (Å²) in [6.07, 6.45) is 3.01. The van der Waals surface area contributed by atoms with Gasteiger partial charge in [-0.25, -0.2) is 9.69 Å². The smallest absolute Gasteiger partial charge is 0.421 e. The molecule has 2 amide bonds. The number of fused-ring (bicyclic) bond motifs is 1. The molecule has 25 heavy (non-hydrogen) atoms. The Morgan fingerprint density at radius 2 is 1.96 bits per heavy atom. The van der Waals surface area contributed by atoms with Gasteiger partial charge in [-0.05, 0) is 69.7 Å². The van der Waals surface area contributed by atoms with E-state index in [1.165, 1.54) is 16.0 Å². The number of nitrogens with zero attached hydrogens (tertiary/aromatic N) is 1. The van der Waals surface area contributed by atoms with Crippen molar-refractivity contribution in [2.45, 2.75) is 64.1 Å². The van der Waals surface area contributed by atoms with Crippen LogP contribution in [-0.2, 0) is 22.4 Å². The fraction of sp³-hybridized carbons (Fsp3) is 0.579. The van der Waals surface area contributed by atoms with E-state index < -0.39 is 17.7 Å². The van der Waals surface area contributed by atoms with Gasteiger partial charge in [-0.1, -0.05) is 6.07 Å². The van der Waals surface area contributed by atoms with Crippen molar-refractivity contribution in [1.29, 1.82) is 0 Å². The van der Waals surface area contributed by atoms with E-state index in [-0.39, 0.29) is 11.9 Å². The third-order valence-electron chi connectivity index (χ3n) is 4.60. The van der Waals surface area contributed by atoms with E-state index in [9.17, 15) is 9.59 Å². The Kier molecular flexibility index (Phi) is 4.84. The highest BCUT2D eigenvalue weighted by atomic mass is 16.6. The second-order valence-corrected chi connectivity index (χ2v) is 7.92. The third kappa shape index (κ3) is 4.02. The normalized spacial score (nSPS) is 22.6. The lowest BCUT2D eigenvalue weighted by molar-refractivity contribution is -0.120. The van der Waals surface area contributed by atoms with Gasteiger partial charge in [0.25, 0.3) is 5.91 Å². The minimum absolute atomic E-state index is 0.0746. The number of rotatable bonds is 2. The lowest BCUT2D eigenvalue weighted by Crippen LogP contribution is -2.48. The van der Waals surface area contributed by atoms with Crippen molar-refractivity contribution in [3.63, 3.8) is 0 Å². The molecule has 1 aliphatic heterocycles. The summed E-state index contributed by atoms with van der Waals surface area (Å²) >= 11 is 0. The van der Waals surface area contributed by atoms with Crippen LogP contribution in [0.25, 0.3) is 0 Å². The molecule has 0 saturated carbocycles. The molecule has 3 rings (SSSR count). The zero-order valence-corrected chi connectivity index (χ0v) is 15.2. The average Bonchev–Trinajstić information content (AvgIpc) is 3.13. The number of nitrogens with two attached hydrogens (primary N) is 1. The number of anilines is 1. The van der Waals surface area contributed by atoms with Crippen LogP contribution in [0.5, 0.6) is 0 Å².